The SMILES string of the molecule is CC1(C)CCCC[C@@H]1NCCCSCC#N. The molecule has 1 rings (SSSR count). The third kappa shape index (κ3) is 4.76. The van der Waals surface area contributed by atoms with Crippen molar-refractivity contribution in [3.05, 3.63) is 0 Å². The van der Waals surface area contributed by atoms with Crippen molar-refractivity contribution in [1.29, 1.82) is 5.26 Å². The van der Waals surface area contributed by atoms with Gasteiger partial charge in [0.1, 0.15) is 0 Å². The number of hydrogen-bond donors (Lipinski definition) is 1. The Morgan fingerprint density at radius 1 is 1.44 bits per heavy atom. The van der Waals surface area contributed by atoms with Crippen LogP contribution in [-0.2, 0) is 0 Å². The predicted molar refractivity (Wildman–Crippen MR) is 71.6 cm³/mol. The molecular formula is C13H24N2S. The number of nitrogens with one attached hydrogen (secondary N) is 1. The van der Waals surface area contributed by atoms with Gasteiger partial charge in [0, 0.05) is 6.04 Å². The van der Waals surface area contributed by atoms with Gasteiger partial charge in [0.25, 0.3) is 0 Å². The van der Waals surface area contributed by atoms with Crippen LogP contribution in [0.25, 0.3) is 0 Å². The van der Waals surface area contributed by atoms with Crippen molar-refractivity contribution in [1.82, 2.24) is 5.32 Å². The molecule has 1 saturated carbocycles. The summed E-state index contributed by atoms with van der Waals surface area (Å²) in [5, 5.41) is 12.1. The lowest BCUT2D eigenvalue weighted by molar-refractivity contribution is 0.168. The van der Waals surface area contributed by atoms with Gasteiger partial charge in [0.15, 0.2) is 0 Å². The quantitative estimate of drug-likeness (QED) is 0.724. The van der Waals surface area contributed by atoms with Gasteiger partial charge in [-0.15, -0.1) is 11.8 Å². The molecule has 1 fully saturated rings. The van der Waals surface area contributed by atoms with E-state index < -0.39 is 0 Å². The fourth-order valence-electron chi connectivity index (χ4n) is 2.44. The van der Waals surface area contributed by atoms with Gasteiger partial charge < -0.3 is 5.32 Å². The standard InChI is InChI=1S/C13H24N2S/c1-13(2)7-4-3-6-12(13)15-9-5-10-16-11-8-14/h12,15H,3-7,9-11H2,1-2H3/t12-/m0/s1. The average molecular weight is 240 g/mol. The molecule has 16 heavy (non-hydrogen) atoms. The first kappa shape index (κ1) is 13.9. The largest absolute Gasteiger partial charge is 0.313 e. The van der Waals surface area contributed by atoms with Crippen LogP contribution >= 0.6 is 11.8 Å². The van der Waals surface area contributed by atoms with E-state index in [1.807, 2.05) is 0 Å². The summed E-state index contributed by atoms with van der Waals surface area (Å²) in [5.41, 5.74) is 0.470. The van der Waals surface area contributed by atoms with Crippen LogP contribution in [0.3, 0.4) is 0 Å². The fourth-order valence-corrected chi connectivity index (χ4v) is 3.02. The van der Waals surface area contributed by atoms with Crippen molar-refractivity contribution >= 4 is 11.8 Å². The Hall–Kier alpha value is -0.200. The summed E-state index contributed by atoms with van der Waals surface area (Å²) in [5.74, 6) is 1.74. The lowest BCUT2D eigenvalue weighted by Crippen LogP contribution is -2.44. The Bertz CT molecular complexity index is 233. The summed E-state index contributed by atoms with van der Waals surface area (Å²) in [7, 11) is 0. The summed E-state index contributed by atoms with van der Waals surface area (Å²) in [6.07, 6.45) is 6.64. The monoisotopic (exact) mass is 240 g/mol. The highest BCUT2D eigenvalue weighted by Gasteiger charge is 2.31. The zero-order valence-corrected chi connectivity index (χ0v) is 11.4. The van der Waals surface area contributed by atoms with Crippen molar-refractivity contribution in [2.45, 2.75) is 52.0 Å². The molecule has 0 heterocycles. The Labute approximate surface area is 104 Å². The Balaban J connectivity index is 2.10. The van der Waals surface area contributed by atoms with Crippen molar-refractivity contribution in [3.63, 3.8) is 0 Å². The van der Waals surface area contributed by atoms with E-state index in [0.717, 1.165) is 12.3 Å². The molecule has 0 aromatic rings. The maximum atomic E-state index is 8.41. The van der Waals surface area contributed by atoms with Gasteiger partial charge in [-0.3, -0.25) is 0 Å². The second-order valence-electron chi connectivity index (χ2n) is 5.31. The van der Waals surface area contributed by atoms with Crippen molar-refractivity contribution in [2.24, 2.45) is 5.41 Å². The van der Waals surface area contributed by atoms with Crippen LogP contribution in [0.15, 0.2) is 0 Å². The van der Waals surface area contributed by atoms with Crippen molar-refractivity contribution < 1.29 is 0 Å². The minimum Gasteiger partial charge on any atom is -0.313 e. The molecule has 1 atom stereocenters. The van der Waals surface area contributed by atoms with E-state index in [-0.39, 0.29) is 0 Å². The topological polar surface area (TPSA) is 35.8 Å². The van der Waals surface area contributed by atoms with Crippen molar-refractivity contribution in [3.8, 4) is 6.07 Å². The first-order valence-electron chi connectivity index (χ1n) is 6.35. The maximum Gasteiger partial charge on any atom is 0.0808 e. The molecule has 0 radical (unpaired) electrons. The Morgan fingerprint density at radius 2 is 2.25 bits per heavy atom. The van der Waals surface area contributed by atoms with Crippen LogP contribution in [0.5, 0.6) is 0 Å². The van der Waals surface area contributed by atoms with Crippen LogP contribution in [0.2, 0.25) is 0 Å². The van der Waals surface area contributed by atoms with E-state index in [1.165, 1.54) is 32.1 Å². The molecule has 2 nitrogen and oxygen atoms in total. The molecule has 0 spiro atoms. The Morgan fingerprint density at radius 3 is 2.94 bits per heavy atom. The number of rotatable bonds is 6. The van der Waals surface area contributed by atoms with Gasteiger partial charge in [-0.25, -0.2) is 0 Å². The van der Waals surface area contributed by atoms with E-state index in [9.17, 15) is 0 Å². The fraction of sp³-hybridized carbons (Fsp3) is 0.923. The number of nitrogens with zero attached hydrogens (tertiary/aromatic N) is 1. The third-order valence-corrected chi connectivity index (χ3v) is 4.44. The summed E-state index contributed by atoms with van der Waals surface area (Å²) in [6, 6.07) is 2.86. The molecule has 0 aromatic heterocycles. The van der Waals surface area contributed by atoms with Crippen molar-refractivity contribution in [2.75, 3.05) is 18.1 Å². The van der Waals surface area contributed by atoms with E-state index in [4.69, 9.17) is 5.26 Å². The molecule has 0 amide bonds. The minimum absolute atomic E-state index is 0.470. The molecule has 0 aromatic carbocycles. The summed E-state index contributed by atoms with van der Waals surface area (Å²) in [4.78, 5) is 0. The molecule has 3 heteroatoms. The van der Waals surface area contributed by atoms with E-state index in [2.05, 4.69) is 25.2 Å². The van der Waals surface area contributed by atoms with Gasteiger partial charge in [0.2, 0.25) is 0 Å². The first-order valence-corrected chi connectivity index (χ1v) is 7.50. The highest BCUT2D eigenvalue weighted by atomic mass is 32.2. The zero-order valence-electron chi connectivity index (χ0n) is 10.6. The van der Waals surface area contributed by atoms with Crippen LogP contribution in [0.4, 0.5) is 0 Å². The van der Waals surface area contributed by atoms with E-state index in [1.54, 1.807) is 11.8 Å². The number of thioether (sulfide) groups is 1. The summed E-state index contributed by atoms with van der Waals surface area (Å²) in [6.45, 7) is 5.87. The number of nitriles is 1. The van der Waals surface area contributed by atoms with Gasteiger partial charge in [0.05, 0.1) is 11.8 Å². The van der Waals surface area contributed by atoms with Gasteiger partial charge in [-0.1, -0.05) is 26.7 Å². The van der Waals surface area contributed by atoms with Crippen LogP contribution in [0.1, 0.15) is 46.0 Å². The molecule has 0 unspecified atom stereocenters. The van der Waals surface area contributed by atoms with Crippen LogP contribution < -0.4 is 5.32 Å². The predicted octanol–water partition coefficient (Wildman–Crippen LogP) is 3.19. The lowest BCUT2D eigenvalue weighted by Gasteiger charge is -2.39. The smallest absolute Gasteiger partial charge is 0.0808 e. The van der Waals surface area contributed by atoms with E-state index in [0.29, 0.717) is 17.2 Å². The average Bonchev–Trinajstić information content (AvgIpc) is 2.25. The normalized spacial score (nSPS) is 23.9. The molecular weight excluding hydrogens is 216 g/mol. The molecule has 92 valence electrons. The highest BCUT2D eigenvalue weighted by molar-refractivity contribution is 7.99. The Kier molecular flexibility index (Phi) is 6.23. The zero-order chi connectivity index (χ0) is 11.9. The van der Waals surface area contributed by atoms with E-state index >= 15 is 0 Å². The van der Waals surface area contributed by atoms with Crippen LogP contribution in [0, 0.1) is 16.7 Å². The summed E-state index contributed by atoms with van der Waals surface area (Å²) >= 11 is 1.74. The minimum atomic E-state index is 0.470. The van der Waals surface area contributed by atoms with Crippen LogP contribution in [-0.4, -0.2) is 24.1 Å². The maximum absolute atomic E-state index is 8.41. The molecule has 0 bridgehead atoms. The summed E-state index contributed by atoms with van der Waals surface area (Å²) < 4.78 is 0. The molecule has 1 N–H and O–H groups in total. The second kappa shape index (κ2) is 7.19. The first-order chi connectivity index (χ1) is 7.67. The van der Waals surface area contributed by atoms with Gasteiger partial charge >= 0.3 is 0 Å². The molecule has 1 aliphatic rings. The molecule has 1 aliphatic carbocycles. The number of hydrogen-bond acceptors (Lipinski definition) is 3. The highest BCUT2D eigenvalue weighted by Crippen LogP contribution is 2.35. The molecule has 0 aliphatic heterocycles. The van der Waals surface area contributed by atoms with Gasteiger partial charge in [-0.05, 0) is 37.0 Å². The lowest BCUT2D eigenvalue weighted by atomic mass is 9.73. The molecule has 0 saturated heterocycles. The van der Waals surface area contributed by atoms with Gasteiger partial charge in [-0.2, -0.15) is 5.26 Å². The second-order valence-corrected chi connectivity index (χ2v) is 6.41. The third-order valence-electron chi connectivity index (χ3n) is 3.53.